The van der Waals surface area contributed by atoms with Crippen molar-refractivity contribution in [2.45, 2.75) is 31.8 Å². The van der Waals surface area contributed by atoms with Crippen LogP contribution in [0.15, 0.2) is 55.0 Å². The van der Waals surface area contributed by atoms with Gasteiger partial charge in [-0.05, 0) is 54.7 Å². The molecule has 1 unspecified atom stereocenters. The van der Waals surface area contributed by atoms with Crippen LogP contribution in [0.3, 0.4) is 0 Å². The van der Waals surface area contributed by atoms with Gasteiger partial charge in [0.05, 0.1) is 6.54 Å². The summed E-state index contributed by atoms with van der Waals surface area (Å²) in [6.45, 7) is 6.73. The first-order valence-electron chi connectivity index (χ1n) is 13.3. The number of pyridine rings is 1. The van der Waals surface area contributed by atoms with Gasteiger partial charge in [0.25, 0.3) is 0 Å². The molecule has 6 aliphatic rings. The van der Waals surface area contributed by atoms with Crippen LogP contribution in [0.25, 0.3) is 11.1 Å². The van der Waals surface area contributed by atoms with Gasteiger partial charge in [-0.3, -0.25) is 14.6 Å². The van der Waals surface area contributed by atoms with Crippen LogP contribution < -0.4 is 15.5 Å². The van der Waals surface area contributed by atoms with Crippen molar-refractivity contribution in [1.29, 1.82) is 0 Å². The van der Waals surface area contributed by atoms with E-state index in [1.54, 1.807) is 0 Å². The summed E-state index contributed by atoms with van der Waals surface area (Å²) in [6, 6.07) is 12.9. The number of piperazine rings is 1. The molecule has 2 saturated heterocycles. The third-order valence-electron chi connectivity index (χ3n) is 7.60. The molecule has 8 bridgehead atoms. The summed E-state index contributed by atoms with van der Waals surface area (Å²) < 4.78 is 0. The Morgan fingerprint density at radius 2 is 1.63 bits per heavy atom. The average Bonchev–Trinajstić information content (AvgIpc) is 3.38. The number of anilines is 3. The van der Waals surface area contributed by atoms with Crippen LogP contribution in [0.1, 0.15) is 24.8 Å². The van der Waals surface area contributed by atoms with E-state index in [2.05, 4.69) is 54.6 Å². The summed E-state index contributed by atoms with van der Waals surface area (Å²) in [6.07, 6.45) is 8.74. The lowest BCUT2D eigenvalue weighted by Crippen LogP contribution is -2.49. The minimum Gasteiger partial charge on any atom is -0.355 e. The van der Waals surface area contributed by atoms with E-state index < -0.39 is 0 Å². The van der Waals surface area contributed by atoms with Crippen LogP contribution in [0.2, 0.25) is 0 Å². The van der Waals surface area contributed by atoms with Crippen LogP contribution in [-0.2, 0) is 11.3 Å². The fraction of sp³-hybridized carbons (Fsp3) is 0.429. The van der Waals surface area contributed by atoms with E-state index in [0.29, 0.717) is 19.1 Å². The highest BCUT2D eigenvalue weighted by Crippen LogP contribution is 2.27. The number of nitrogens with one attached hydrogen (secondary N) is 2. The normalized spacial score (nSPS) is 23.6. The summed E-state index contributed by atoms with van der Waals surface area (Å²) >= 11 is 0. The molecule has 1 amide bonds. The first kappa shape index (κ1) is 26.4. The average molecular weight is 533 g/mol. The number of carbonyl (C=O) groups excluding carboxylic acids is 1. The van der Waals surface area contributed by atoms with Crippen LogP contribution in [0.5, 0.6) is 0 Å². The van der Waals surface area contributed by atoms with Crippen molar-refractivity contribution in [3.63, 3.8) is 0 Å². The maximum Gasteiger partial charge on any atom is 0.234 e. The molecule has 8 heterocycles. The first-order valence-corrected chi connectivity index (χ1v) is 13.3. The Balaban J connectivity index is 0.00000294. The van der Waals surface area contributed by atoms with Crippen molar-refractivity contribution in [3.05, 3.63) is 60.6 Å². The zero-order chi connectivity index (χ0) is 25.0. The minimum absolute atomic E-state index is 0. The SMILES string of the molecule is O=C1CN2CCN(CC2)Cc2cccc(c2)Nc2cc(ccn2)-c2cnc(nc2)N2CCCC2CCN1.S. The van der Waals surface area contributed by atoms with Gasteiger partial charge in [-0.2, -0.15) is 13.5 Å². The standard InChI is InChI=1S/C28H34N8O.H2S/c37-27-20-35-13-11-34(12-14-35)19-21-3-1-4-24(15-21)33-26-16-22(6-8-29-26)23-17-31-28(32-18-23)36-10-2-5-25(36)7-9-30-27;/h1,3-4,6,8,15-18,25H,2,5,7,9-14,19-20H2,(H,29,33)(H,30,37);1H2. The molecule has 0 aliphatic carbocycles. The molecule has 2 aromatic heterocycles. The Kier molecular flexibility index (Phi) is 8.41. The van der Waals surface area contributed by atoms with Crippen molar-refractivity contribution in [3.8, 4) is 11.1 Å². The van der Waals surface area contributed by atoms with Gasteiger partial charge in [-0.1, -0.05) is 12.1 Å². The Bertz CT molecular complexity index is 1230. The zero-order valence-corrected chi connectivity index (χ0v) is 22.6. The largest absolute Gasteiger partial charge is 0.355 e. The fourth-order valence-electron chi connectivity index (χ4n) is 5.59. The Hall–Kier alpha value is -3.21. The number of benzene rings is 1. The van der Waals surface area contributed by atoms with Gasteiger partial charge < -0.3 is 15.5 Å². The molecular formula is C28H36N8OS. The zero-order valence-electron chi connectivity index (χ0n) is 21.6. The molecule has 200 valence electrons. The molecular weight excluding hydrogens is 496 g/mol. The van der Waals surface area contributed by atoms with Gasteiger partial charge in [0.1, 0.15) is 5.82 Å². The van der Waals surface area contributed by atoms with E-state index >= 15 is 0 Å². The second-order valence-electron chi connectivity index (χ2n) is 10.2. The monoisotopic (exact) mass is 532 g/mol. The highest BCUT2D eigenvalue weighted by Gasteiger charge is 2.27. The number of hydrogen-bond acceptors (Lipinski definition) is 8. The van der Waals surface area contributed by atoms with Crippen molar-refractivity contribution >= 4 is 36.9 Å². The first-order chi connectivity index (χ1) is 18.2. The smallest absolute Gasteiger partial charge is 0.234 e. The lowest BCUT2D eigenvalue weighted by molar-refractivity contribution is -0.122. The molecule has 1 aromatic carbocycles. The number of rotatable bonds is 0. The van der Waals surface area contributed by atoms with Gasteiger partial charge in [-0.15, -0.1) is 0 Å². The van der Waals surface area contributed by atoms with Crippen molar-refractivity contribution in [2.24, 2.45) is 0 Å². The van der Waals surface area contributed by atoms with Crippen LogP contribution in [0.4, 0.5) is 17.5 Å². The van der Waals surface area contributed by atoms with E-state index in [-0.39, 0.29) is 19.4 Å². The van der Waals surface area contributed by atoms with E-state index in [1.165, 1.54) is 5.56 Å². The molecule has 0 saturated carbocycles. The number of hydrogen-bond donors (Lipinski definition) is 2. The maximum absolute atomic E-state index is 12.6. The van der Waals surface area contributed by atoms with Crippen molar-refractivity contribution in [2.75, 3.05) is 56.0 Å². The van der Waals surface area contributed by atoms with Gasteiger partial charge in [0, 0.05) is 81.7 Å². The Labute approximate surface area is 231 Å². The van der Waals surface area contributed by atoms with E-state index in [4.69, 9.17) is 9.97 Å². The Morgan fingerprint density at radius 1 is 0.842 bits per heavy atom. The fourth-order valence-corrected chi connectivity index (χ4v) is 5.59. The topological polar surface area (TPSA) is 89.5 Å². The summed E-state index contributed by atoms with van der Waals surface area (Å²) in [5.41, 5.74) is 4.26. The van der Waals surface area contributed by atoms with Gasteiger partial charge in [-0.25, -0.2) is 15.0 Å². The van der Waals surface area contributed by atoms with Crippen LogP contribution in [-0.4, -0.2) is 82.5 Å². The van der Waals surface area contributed by atoms with E-state index in [9.17, 15) is 4.79 Å². The van der Waals surface area contributed by atoms with Gasteiger partial charge in [0.2, 0.25) is 11.9 Å². The molecule has 0 radical (unpaired) electrons. The Morgan fingerprint density at radius 3 is 2.45 bits per heavy atom. The molecule has 10 heteroatoms. The molecule has 9 rings (SSSR count). The van der Waals surface area contributed by atoms with Crippen LogP contribution in [0, 0.1) is 0 Å². The molecule has 6 aliphatic heterocycles. The predicted molar refractivity (Wildman–Crippen MR) is 155 cm³/mol. The summed E-state index contributed by atoms with van der Waals surface area (Å²) in [4.78, 5) is 33.6. The van der Waals surface area contributed by atoms with Crippen LogP contribution >= 0.6 is 13.5 Å². The van der Waals surface area contributed by atoms with E-state index in [1.807, 2.05) is 30.7 Å². The second-order valence-corrected chi connectivity index (χ2v) is 10.2. The van der Waals surface area contributed by atoms with Crippen molar-refractivity contribution < 1.29 is 4.79 Å². The van der Waals surface area contributed by atoms with Gasteiger partial charge >= 0.3 is 0 Å². The highest BCUT2D eigenvalue weighted by molar-refractivity contribution is 7.59. The number of nitrogens with zero attached hydrogens (tertiary/aromatic N) is 6. The maximum atomic E-state index is 12.6. The molecule has 38 heavy (non-hydrogen) atoms. The van der Waals surface area contributed by atoms with Gasteiger partial charge in [0.15, 0.2) is 0 Å². The molecule has 2 fully saturated rings. The lowest BCUT2D eigenvalue weighted by Gasteiger charge is -2.34. The summed E-state index contributed by atoms with van der Waals surface area (Å²) in [7, 11) is 0. The predicted octanol–water partition coefficient (Wildman–Crippen LogP) is 3.00. The molecule has 1 atom stereocenters. The van der Waals surface area contributed by atoms with Crippen molar-refractivity contribution in [1.82, 2.24) is 30.1 Å². The molecule has 3 aromatic rings. The molecule has 0 spiro atoms. The quantitative estimate of drug-likeness (QED) is 0.457. The number of carbonyl (C=O) groups is 1. The summed E-state index contributed by atoms with van der Waals surface area (Å²) in [5.74, 6) is 1.67. The molecule has 2 N–H and O–H groups in total. The number of aromatic nitrogens is 3. The minimum atomic E-state index is 0. The molecule has 9 nitrogen and oxygen atoms in total. The lowest BCUT2D eigenvalue weighted by atomic mass is 10.1. The third-order valence-corrected chi connectivity index (χ3v) is 7.60. The number of amides is 1. The third kappa shape index (κ3) is 6.25. The highest BCUT2D eigenvalue weighted by atomic mass is 32.1. The summed E-state index contributed by atoms with van der Waals surface area (Å²) in [5, 5.41) is 6.61. The second kappa shape index (κ2) is 12.1. The van der Waals surface area contributed by atoms with E-state index in [0.717, 1.165) is 87.1 Å².